The number of hydrogen-bond acceptors (Lipinski definition) is 3. The molecular weight excluding hydrogens is 164 g/mol. The van der Waals surface area contributed by atoms with Gasteiger partial charge in [-0.15, -0.1) is 0 Å². The molecule has 0 unspecified atom stereocenters. The van der Waals surface area contributed by atoms with Crippen molar-refractivity contribution in [3.8, 4) is 0 Å². The first-order chi connectivity index (χ1) is 6.36. The molecule has 13 heavy (non-hydrogen) atoms. The maximum atomic E-state index is 5.39. The zero-order valence-electron chi connectivity index (χ0n) is 8.23. The standard InChI is InChI=1S/C10H16N2O/c1-3-12(13-4-2)9-10-7-5-6-8-11-10/h5-8H,3-4,9H2,1-2H3. The summed E-state index contributed by atoms with van der Waals surface area (Å²) < 4.78 is 0. The van der Waals surface area contributed by atoms with Gasteiger partial charge in [-0.1, -0.05) is 13.0 Å². The fourth-order valence-corrected chi connectivity index (χ4v) is 1.10. The van der Waals surface area contributed by atoms with Gasteiger partial charge in [0.2, 0.25) is 0 Å². The Bertz CT molecular complexity index is 226. The molecule has 1 aromatic rings. The van der Waals surface area contributed by atoms with Gasteiger partial charge in [-0.25, -0.2) is 0 Å². The van der Waals surface area contributed by atoms with E-state index in [1.165, 1.54) is 0 Å². The molecule has 1 heterocycles. The molecule has 3 nitrogen and oxygen atoms in total. The monoisotopic (exact) mass is 180 g/mol. The zero-order valence-corrected chi connectivity index (χ0v) is 8.23. The van der Waals surface area contributed by atoms with Crippen LogP contribution in [-0.4, -0.2) is 23.2 Å². The summed E-state index contributed by atoms with van der Waals surface area (Å²) in [6, 6.07) is 5.91. The maximum absolute atomic E-state index is 5.39. The molecule has 0 bridgehead atoms. The maximum Gasteiger partial charge on any atom is 0.0664 e. The number of hydrogen-bond donors (Lipinski definition) is 0. The molecular formula is C10H16N2O. The summed E-state index contributed by atoms with van der Waals surface area (Å²) in [6.45, 7) is 6.40. The van der Waals surface area contributed by atoms with E-state index >= 15 is 0 Å². The third kappa shape index (κ3) is 3.53. The molecule has 0 fully saturated rings. The van der Waals surface area contributed by atoms with Gasteiger partial charge in [0.1, 0.15) is 0 Å². The Balaban J connectivity index is 2.46. The van der Waals surface area contributed by atoms with E-state index in [0.29, 0.717) is 6.61 Å². The van der Waals surface area contributed by atoms with E-state index in [9.17, 15) is 0 Å². The van der Waals surface area contributed by atoms with Gasteiger partial charge in [0, 0.05) is 12.7 Å². The lowest BCUT2D eigenvalue weighted by Crippen LogP contribution is -2.23. The van der Waals surface area contributed by atoms with Crippen LogP contribution in [-0.2, 0) is 11.4 Å². The van der Waals surface area contributed by atoms with Crippen molar-refractivity contribution in [3.05, 3.63) is 30.1 Å². The molecule has 3 heteroatoms. The van der Waals surface area contributed by atoms with Gasteiger partial charge >= 0.3 is 0 Å². The predicted molar refractivity (Wildman–Crippen MR) is 51.9 cm³/mol. The summed E-state index contributed by atoms with van der Waals surface area (Å²) in [6.07, 6.45) is 1.80. The van der Waals surface area contributed by atoms with Crippen molar-refractivity contribution < 1.29 is 4.84 Å². The van der Waals surface area contributed by atoms with E-state index in [0.717, 1.165) is 18.8 Å². The van der Waals surface area contributed by atoms with Gasteiger partial charge in [-0.05, 0) is 19.1 Å². The number of rotatable bonds is 5. The Kier molecular flexibility index (Phi) is 4.43. The van der Waals surface area contributed by atoms with Crippen LogP contribution >= 0.6 is 0 Å². The van der Waals surface area contributed by atoms with Crippen LogP contribution in [0.3, 0.4) is 0 Å². The molecule has 0 atom stereocenters. The fraction of sp³-hybridized carbons (Fsp3) is 0.500. The molecule has 0 N–H and O–H groups in total. The van der Waals surface area contributed by atoms with Crippen molar-refractivity contribution in [2.24, 2.45) is 0 Å². The van der Waals surface area contributed by atoms with Crippen LogP contribution in [0.1, 0.15) is 19.5 Å². The van der Waals surface area contributed by atoms with Crippen LogP contribution in [0.4, 0.5) is 0 Å². The van der Waals surface area contributed by atoms with Crippen molar-refractivity contribution in [2.75, 3.05) is 13.2 Å². The van der Waals surface area contributed by atoms with E-state index < -0.39 is 0 Å². The van der Waals surface area contributed by atoms with Crippen LogP contribution in [0, 0.1) is 0 Å². The number of pyridine rings is 1. The fourth-order valence-electron chi connectivity index (χ4n) is 1.10. The van der Waals surface area contributed by atoms with E-state index in [1.54, 1.807) is 6.20 Å². The summed E-state index contributed by atoms with van der Waals surface area (Å²) in [7, 11) is 0. The van der Waals surface area contributed by atoms with Crippen molar-refractivity contribution in [1.82, 2.24) is 10.0 Å². The second-order valence-electron chi connectivity index (χ2n) is 2.69. The van der Waals surface area contributed by atoms with Crippen molar-refractivity contribution in [1.29, 1.82) is 0 Å². The molecule has 0 radical (unpaired) electrons. The molecule has 0 amide bonds. The lowest BCUT2D eigenvalue weighted by atomic mass is 10.3. The van der Waals surface area contributed by atoms with Gasteiger partial charge in [0.15, 0.2) is 0 Å². The summed E-state index contributed by atoms with van der Waals surface area (Å²) in [5.41, 5.74) is 1.04. The summed E-state index contributed by atoms with van der Waals surface area (Å²) in [5, 5.41) is 1.91. The van der Waals surface area contributed by atoms with Crippen LogP contribution in [0.25, 0.3) is 0 Å². The topological polar surface area (TPSA) is 25.4 Å². The molecule has 0 aliphatic heterocycles. The molecule has 0 saturated heterocycles. The lowest BCUT2D eigenvalue weighted by Gasteiger charge is -2.18. The van der Waals surface area contributed by atoms with E-state index in [4.69, 9.17) is 4.84 Å². The van der Waals surface area contributed by atoms with Crippen LogP contribution in [0.2, 0.25) is 0 Å². The van der Waals surface area contributed by atoms with Gasteiger partial charge in [-0.2, -0.15) is 5.06 Å². The van der Waals surface area contributed by atoms with Gasteiger partial charge < -0.3 is 0 Å². The third-order valence-corrected chi connectivity index (χ3v) is 1.73. The first kappa shape index (κ1) is 10.2. The summed E-state index contributed by atoms with van der Waals surface area (Å²) in [5.74, 6) is 0. The van der Waals surface area contributed by atoms with Gasteiger partial charge in [-0.3, -0.25) is 9.82 Å². The minimum absolute atomic E-state index is 0.709. The minimum atomic E-state index is 0.709. The Morgan fingerprint density at radius 3 is 2.77 bits per heavy atom. The molecule has 1 rings (SSSR count). The molecule has 72 valence electrons. The predicted octanol–water partition coefficient (Wildman–Crippen LogP) is 1.85. The third-order valence-electron chi connectivity index (χ3n) is 1.73. The quantitative estimate of drug-likeness (QED) is 0.647. The highest BCUT2D eigenvalue weighted by Crippen LogP contribution is 2.00. The van der Waals surface area contributed by atoms with Gasteiger partial charge in [0.05, 0.1) is 18.8 Å². The Hall–Kier alpha value is -0.930. The lowest BCUT2D eigenvalue weighted by molar-refractivity contribution is -0.159. The van der Waals surface area contributed by atoms with E-state index in [2.05, 4.69) is 11.9 Å². The highest BCUT2D eigenvalue weighted by atomic mass is 16.7. The smallest absolute Gasteiger partial charge is 0.0664 e. The Morgan fingerprint density at radius 2 is 2.23 bits per heavy atom. The minimum Gasteiger partial charge on any atom is -0.299 e. The number of hydroxylamine groups is 2. The average molecular weight is 180 g/mol. The van der Waals surface area contributed by atoms with E-state index in [-0.39, 0.29) is 0 Å². The Labute approximate surface area is 79.3 Å². The Morgan fingerprint density at radius 1 is 1.38 bits per heavy atom. The average Bonchev–Trinajstić information content (AvgIpc) is 2.19. The first-order valence-electron chi connectivity index (χ1n) is 4.64. The molecule has 0 saturated carbocycles. The SMILES string of the molecule is CCON(CC)Cc1ccccn1. The molecule has 0 aromatic carbocycles. The second kappa shape index (κ2) is 5.67. The number of nitrogens with zero attached hydrogens (tertiary/aromatic N) is 2. The number of aromatic nitrogens is 1. The molecule has 0 aliphatic carbocycles. The van der Waals surface area contributed by atoms with Crippen LogP contribution < -0.4 is 0 Å². The van der Waals surface area contributed by atoms with Gasteiger partial charge in [0.25, 0.3) is 0 Å². The van der Waals surface area contributed by atoms with Crippen molar-refractivity contribution in [2.45, 2.75) is 20.4 Å². The first-order valence-corrected chi connectivity index (χ1v) is 4.64. The van der Waals surface area contributed by atoms with Crippen molar-refractivity contribution in [3.63, 3.8) is 0 Å². The van der Waals surface area contributed by atoms with Crippen LogP contribution in [0.5, 0.6) is 0 Å². The molecule has 0 aliphatic rings. The molecule has 0 spiro atoms. The van der Waals surface area contributed by atoms with E-state index in [1.807, 2.05) is 30.2 Å². The largest absolute Gasteiger partial charge is 0.299 e. The molecule has 1 aromatic heterocycles. The highest BCUT2D eigenvalue weighted by molar-refractivity contribution is 5.02. The van der Waals surface area contributed by atoms with Crippen LogP contribution in [0.15, 0.2) is 24.4 Å². The summed E-state index contributed by atoms with van der Waals surface area (Å²) in [4.78, 5) is 9.62. The summed E-state index contributed by atoms with van der Waals surface area (Å²) >= 11 is 0. The highest BCUT2D eigenvalue weighted by Gasteiger charge is 2.02. The second-order valence-corrected chi connectivity index (χ2v) is 2.69. The van der Waals surface area contributed by atoms with Crippen molar-refractivity contribution >= 4 is 0 Å². The zero-order chi connectivity index (χ0) is 9.52. The normalized spacial score (nSPS) is 10.7.